The van der Waals surface area contributed by atoms with Crippen LogP contribution in [0.5, 0.6) is 11.5 Å². The molecular formula is C20H20N2O5. The lowest BCUT2D eigenvalue weighted by molar-refractivity contribution is -0.384. The largest absolute Gasteiger partial charge is 0.493 e. The van der Waals surface area contributed by atoms with Crippen LogP contribution in [0.4, 0.5) is 5.69 Å². The molecule has 0 atom stereocenters. The maximum absolute atomic E-state index is 12.5. The minimum absolute atomic E-state index is 0.0236. The van der Waals surface area contributed by atoms with Crippen molar-refractivity contribution in [2.45, 2.75) is 13.0 Å². The molecule has 1 amide bonds. The summed E-state index contributed by atoms with van der Waals surface area (Å²) in [5, 5.41) is 10.7. The second-order valence-electron chi connectivity index (χ2n) is 6.17. The average Bonchev–Trinajstić information content (AvgIpc) is 2.70. The molecule has 0 N–H and O–H groups in total. The van der Waals surface area contributed by atoms with Gasteiger partial charge in [-0.05, 0) is 53.5 Å². The Bertz CT molecular complexity index is 890. The number of hydrogen-bond donors (Lipinski definition) is 0. The quantitative estimate of drug-likeness (QED) is 0.460. The van der Waals surface area contributed by atoms with Crippen molar-refractivity contribution >= 4 is 17.7 Å². The van der Waals surface area contributed by atoms with E-state index in [2.05, 4.69) is 0 Å². The number of nitro groups is 1. The molecule has 1 heterocycles. The minimum atomic E-state index is -0.451. The van der Waals surface area contributed by atoms with Crippen LogP contribution < -0.4 is 9.47 Å². The van der Waals surface area contributed by atoms with Gasteiger partial charge >= 0.3 is 0 Å². The van der Waals surface area contributed by atoms with Crippen molar-refractivity contribution in [2.75, 3.05) is 20.8 Å². The Hall–Kier alpha value is -3.35. The third-order valence-electron chi connectivity index (χ3n) is 4.55. The zero-order chi connectivity index (χ0) is 19.4. The van der Waals surface area contributed by atoms with Crippen molar-refractivity contribution < 1.29 is 19.2 Å². The van der Waals surface area contributed by atoms with E-state index in [1.165, 1.54) is 18.2 Å². The summed E-state index contributed by atoms with van der Waals surface area (Å²) in [7, 11) is 3.19. The second-order valence-corrected chi connectivity index (χ2v) is 6.17. The lowest BCUT2D eigenvalue weighted by Crippen LogP contribution is -2.34. The fraction of sp³-hybridized carbons (Fsp3) is 0.250. The fourth-order valence-corrected chi connectivity index (χ4v) is 3.05. The number of carbonyl (C=O) groups excluding carboxylic acids is 1. The van der Waals surface area contributed by atoms with Crippen molar-refractivity contribution in [1.82, 2.24) is 4.90 Å². The predicted molar refractivity (Wildman–Crippen MR) is 101 cm³/mol. The highest BCUT2D eigenvalue weighted by Crippen LogP contribution is 2.33. The van der Waals surface area contributed by atoms with Crippen LogP contribution in [-0.4, -0.2) is 36.5 Å². The van der Waals surface area contributed by atoms with Crippen LogP contribution in [0.2, 0.25) is 0 Å². The van der Waals surface area contributed by atoms with Crippen LogP contribution in [0.3, 0.4) is 0 Å². The number of fused-ring (bicyclic) bond motifs is 1. The van der Waals surface area contributed by atoms with E-state index in [4.69, 9.17) is 9.47 Å². The molecule has 0 saturated heterocycles. The van der Waals surface area contributed by atoms with Gasteiger partial charge in [0.2, 0.25) is 5.91 Å². The summed E-state index contributed by atoms with van der Waals surface area (Å²) in [4.78, 5) is 24.5. The number of amides is 1. The lowest BCUT2D eigenvalue weighted by atomic mass is 9.98. The Kier molecular flexibility index (Phi) is 5.40. The van der Waals surface area contributed by atoms with E-state index < -0.39 is 4.92 Å². The van der Waals surface area contributed by atoms with Crippen LogP contribution in [0.1, 0.15) is 16.7 Å². The number of benzene rings is 2. The SMILES string of the molecule is COc1cc2c(cc1OC)CN(C(=O)/C=C/c1ccc([N+](=O)[O-])cc1)CC2. The summed E-state index contributed by atoms with van der Waals surface area (Å²) in [5.74, 6) is 1.23. The van der Waals surface area contributed by atoms with Crippen LogP contribution in [-0.2, 0) is 17.8 Å². The van der Waals surface area contributed by atoms with Gasteiger partial charge in [-0.15, -0.1) is 0 Å². The van der Waals surface area contributed by atoms with Gasteiger partial charge in [-0.1, -0.05) is 0 Å². The molecule has 0 aromatic heterocycles. The zero-order valence-corrected chi connectivity index (χ0v) is 15.2. The number of non-ortho nitro benzene ring substituents is 1. The van der Waals surface area contributed by atoms with Crippen LogP contribution in [0.15, 0.2) is 42.5 Å². The molecule has 1 aliphatic heterocycles. The highest BCUT2D eigenvalue weighted by Gasteiger charge is 2.21. The second kappa shape index (κ2) is 7.90. The van der Waals surface area contributed by atoms with Gasteiger partial charge < -0.3 is 14.4 Å². The van der Waals surface area contributed by atoms with E-state index in [1.54, 1.807) is 37.3 Å². The third-order valence-corrected chi connectivity index (χ3v) is 4.55. The van der Waals surface area contributed by atoms with Crippen molar-refractivity contribution in [3.63, 3.8) is 0 Å². The Morgan fingerprint density at radius 2 is 1.74 bits per heavy atom. The molecule has 0 bridgehead atoms. The van der Waals surface area contributed by atoms with E-state index in [1.807, 2.05) is 12.1 Å². The van der Waals surface area contributed by atoms with Gasteiger partial charge in [0, 0.05) is 31.3 Å². The van der Waals surface area contributed by atoms with E-state index in [9.17, 15) is 14.9 Å². The molecule has 0 aliphatic carbocycles. The number of nitro benzene ring substituents is 1. The number of ether oxygens (including phenoxy) is 2. The first-order valence-corrected chi connectivity index (χ1v) is 8.47. The maximum Gasteiger partial charge on any atom is 0.269 e. The first kappa shape index (κ1) is 18.4. The monoisotopic (exact) mass is 368 g/mol. The molecule has 7 heteroatoms. The first-order chi connectivity index (χ1) is 13.0. The Labute approximate surface area is 157 Å². The van der Waals surface area contributed by atoms with Crippen molar-refractivity contribution in [3.8, 4) is 11.5 Å². The molecule has 0 fully saturated rings. The lowest BCUT2D eigenvalue weighted by Gasteiger charge is -2.28. The Morgan fingerprint density at radius 1 is 1.11 bits per heavy atom. The molecule has 0 spiro atoms. The summed E-state index contributed by atoms with van der Waals surface area (Å²) in [6.07, 6.45) is 3.90. The molecule has 7 nitrogen and oxygen atoms in total. The molecular weight excluding hydrogens is 348 g/mol. The summed E-state index contributed by atoms with van der Waals surface area (Å²) in [6, 6.07) is 9.94. The fourth-order valence-electron chi connectivity index (χ4n) is 3.05. The van der Waals surface area contributed by atoms with Crippen LogP contribution >= 0.6 is 0 Å². The molecule has 3 rings (SSSR count). The molecule has 2 aromatic carbocycles. The zero-order valence-electron chi connectivity index (χ0n) is 15.2. The average molecular weight is 368 g/mol. The highest BCUT2D eigenvalue weighted by molar-refractivity contribution is 5.92. The third kappa shape index (κ3) is 4.08. The molecule has 2 aromatic rings. The van der Waals surface area contributed by atoms with Gasteiger partial charge in [-0.2, -0.15) is 0 Å². The predicted octanol–water partition coefficient (Wildman–Crippen LogP) is 3.21. The van der Waals surface area contributed by atoms with Gasteiger partial charge in [0.15, 0.2) is 11.5 Å². The summed E-state index contributed by atoms with van der Waals surface area (Å²) in [6.45, 7) is 1.12. The molecule has 0 saturated carbocycles. The minimum Gasteiger partial charge on any atom is -0.493 e. The van der Waals surface area contributed by atoms with Gasteiger partial charge in [-0.3, -0.25) is 14.9 Å². The normalized spacial score (nSPS) is 13.3. The van der Waals surface area contributed by atoms with E-state index in [-0.39, 0.29) is 11.6 Å². The molecule has 1 aliphatic rings. The molecule has 27 heavy (non-hydrogen) atoms. The number of nitrogens with zero attached hydrogens (tertiary/aromatic N) is 2. The summed E-state index contributed by atoms with van der Waals surface area (Å²) < 4.78 is 10.7. The summed E-state index contributed by atoms with van der Waals surface area (Å²) in [5.41, 5.74) is 2.94. The maximum atomic E-state index is 12.5. The number of carbonyl (C=O) groups is 1. The van der Waals surface area contributed by atoms with Crippen molar-refractivity contribution in [3.05, 3.63) is 69.3 Å². The molecule has 0 radical (unpaired) electrons. The van der Waals surface area contributed by atoms with Gasteiger partial charge in [0.1, 0.15) is 0 Å². The first-order valence-electron chi connectivity index (χ1n) is 8.47. The number of methoxy groups -OCH3 is 2. The number of rotatable bonds is 5. The van der Waals surface area contributed by atoms with Crippen molar-refractivity contribution in [1.29, 1.82) is 0 Å². The van der Waals surface area contributed by atoms with E-state index >= 15 is 0 Å². The van der Waals surface area contributed by atoms with Crippen LogP contribution in [0.25, 0.3) is 6.08 Å². The van der Waals surface area contributed by atoms with Gasteiger partial charge in [0.05, 0.1) is 19.1 Å². The summed E-state index contributed by atoms with van der Waals surface area (Å²) >= 11 is 0. The molecule has 0 unspecified atom stereocenters. The Balaban J connectivity index is 1.71. The van der Waals surface area contributed by atoms with E-state index in [0.29, 0.717) is 24.6 Å². The highest BCUT2D eigenvalue weighted by atomic mass is 16.6. The topological polar surface area (TPSA) is 81.9 Å². The number of hydrogen-bond acceptors (Lipinski definition) is 5. The van der Waals surface area contributed by atoms with E-state index in [0.717, 1.165) is 23.1 Å². The standard InChI is InChI=1S/C20H20N2O5/c1-26-18-11-15-9-10-21(13-16(15)12-19(18)27-2)20(23)8-5-14-3-6-17(7-4-14)22(24)25/h3-8,11-12H,9-10,13H2,1-2H3/b8-5+. The Morgan fingerprint density at radius 3 is 2.33 bits per heavy atom. The smallest absolute Gasteiger partial charge is 0.269 e. The molecule has 140 valence electrons. The van der Waals surface area contributed by atoms with Crippen LogP contribution in [0, 0.1) is 10.1 Å². The van der Waals surface area contributed by atoms with Crippen molar-refractivity contribution in [2.24, 2.45) is 0 Å². The van der Waals surface area contributed by atoms with Gasteiger partial charge in [-0.25, -0.2) is 0 Å². The van der Waals surface area contributed by atoms with Gasteiger partial charge in [0.25, 0.3) is 5.69 Å².